The van der Waals surface area contributed by atoms with Crippen molar-refractivity contribution in [1.82, 2.24) is 0 Å². The topological polar surface area (TPSA) is 29.5 Å². The van der Waals surface area contributed by atoms with Gasteiger partial charge < -0.3 is 9.84 Å². The van der Waals surface area contributed by atoms with Gasteiger partial charge in [-0.2, -0.15) is 0 Å². The van der Waals surface area contributed by atoms with Crippen LogP contribution in [0, 0.1) is 18.8 Å². The third-order valence-electron chi connectivity index (χ3n) is 1.80. The number of rotatable bonds is 3. The Morgan fingerprint density at radius 1 is 1.44 bits per heavy atom. The predicted octanol–water partition coefficient (Wildman–Crippen LogP) is 1.98. The first-order valence-corrected chi connectivity index (χ1v) is 4.75. The van der Waals surface area contributed by atoms with Crippen molar-refractivity contribution in [3.05, 3.63) is 29.3 Å². The summed E-state index contributed by atoms with van der Waals surface area (Å²) in [6.45, 7) is 0.931. The second kappa shape index (κ2) is 6.09. The average Bonchev–Trinajstić information content (AvgIpc) is 2.24. The molecule has 0 unspecified atom stereocenters. The molecule has 0 saturated heterocycles. The summed E-state index contributed by atoms with van der Waals surface area (Å²) < 4.78 is 28.9. The summed E-state index contributed by atoms with van der Waals surface area (Å²) in [5.41, 5.74) is 1.46. The molecule has 0 aromatic heterocycles. The van der Waals surface area contributed by atoms with E-state index in [1.54, 1.807) is 18.2 Å². The summed E-state index contributed by atoms with van der Waals surface area (Å²) in [7, 11) is 0. The number of benzene rings is 1. The van der Waals surface area contributed by atoms with Crippen LogP contribution in [0.4, 0.5) is 8.78 Å². The van der Waals surface area contributed by atoms with Crippen LogP contribution in [0.15, 0.2) is 18.2 Å². The van der Waals surface area contributed by atoms with Gasteiger partial charge in [-0.25, -0.2) is 8.78 Å². The van der Waals surface area contributed by atoms with Crippen molar-refractivity contribution in [2.24, 2.45) is 0 Å². The fraction of sp³-hybridized carbons (Fsp3) is 0.333. The monoisotopic (exact) mass is 226 g/mol. The molecule has 16 heavy (non-hydrogen) atoms. The zero-order valence-corrected chi connectivity index (χ0v) is 8.84. The molecule has 0 aliphatic heterocycles. The SMILES string of the molecule is Cc1ccc(OCC(F)F)c(C#CCO)c1. The van der Waals surface area contributed by atoms with Gasteiger partial charge in [-0.05, 0) is 24.6 Å². The Labute approximate surface area is 92.9 Å². The number of hydrogen-bond donors (Lipinski definition) is 1. The number of aliphatic hydroxyl groups is 1. The highest BCUT2D eigenvalue weighted by Gasteiger charge is 2.06. The second-order valence-electron chi connectivity index (χ2n) is 3.16. The molecule has 0 atom stereocenters. The maximum absolute atomic E-state index is 12.0. The van der Waals surface area contributed by atoms with Crippen LogP contribution in [-0.2, 0) is 0 Å². The van der Waals surface area contributed by atoms with Gasteiger partial charge in [0.15, 0.2) is 0 Å². The van der Waals surface area contributed by atoms with E-state index in [1.807, 2.05) is 6.92 Å². The Bertz CT molecular complexity index is 405. The minimum absolute atomic E-state index is 0.276. The lowest BCUT2D eigenvalue weighted by molar-refractivity contribution is 0.0818. The molecular formula is C12H12F2O2. The Morgan fingerprint density at radius 2 is 2.19 bits per heavy atom. The van der Waals surface area contributed by atoms with E-state index in [2.05, 4.69) is 11.8 Å². The standard InChI is InChI=1S/C12H12F2O2/c1-9-4-5-11(16-8-12(13)14)10(7-9)3-2-6-15/h4-5,7,12,15H,6,8H2,1H3. The molecule has 2 nitrogen and oxygen atoms in total. The van der Waals surface area contributed by atoms with Crippen molar-refractivity contribution in [2.45, 2.75) is 13.3 Å². The fourth-order valence-corrected chi connectivity index (χ4v) is 1.15. The van der Waals surface area contributed by atoms with Gasteiger partial charge in [-0.3, -0.25) is 0 Å². The fourth-order valence-electron chi connectivity index (χ4n) is 1.15. The number of hydrogen-bond acceptors (Lipinski definition) is 2. The summed E-state index contributed by atoms with van der Waals surface area (Å²) in [6, 6.07) is 5.08. The van der Waals surface area contributed by atoms with E-state index >= 15 is 0 Å². The van der Waals surface area contributed by atoms with Crippen molar-refractivity contribution in [2.75, 3.05) is 13.2 Å². The van der Waals surface area contributed by atoms with E-state index in [9.17, 15) is 8.78 Å². The van der Waals surface area contributed by atoms with Gasteiger partial charge in [0, 0.05) is 0 Å². The smallest absolute Gasteiger partial charge is 0.272 e. The van der Waals surface area contributed by atoms with Crippen molar-refractivity contribution in [3.63, 3.8) is 0 Å². The van der Waals surface area contributed by atoms with Crippen molar-refractivity contribution >= 4 is 0 Å². The highest BCUT2D eigenvalue weighted by Crippen LogP contribution is 2.19. The molecule has 0 aliphatic rings. The lowest BCUT2D eigenvalue weighted by atomic mass is 10.1. The maximum atomic E-state index is 12.0. The van der Waals surface area contributed by atoms with Gasteiger partial charge >= 0.3 is 0 Å². The molecule has 86 valence electrons. The number of ether oxygens (including phenoxy) is 1. The van der Waals surface area contributed by atoms with Crippen LogP contribution < -0.4 is 4.74 Å². The van der Waals surface area contributed by atoms with Crippen LogP contribution in [0.1, 0.15) is 11.1 Å². The first kappa shape index (κ1) is 12.5. The maximum Gasteiger partial charge on any atom is 0.272 e. The third kappa shape index (κ3) is 3.87. The first-order chi connectivity index (χ1) is 7.63. The summed E-state index contributed by atoms with van der Waals surface area (Å²) >= 11 is 0. The van der Waals surface area contributed by atoms with Crippen LogP contribution in [0.25, 0.3) is 0 Å². The molecule has 0 bridgehead atoms. The summed E-state index contributed by atoms with van der Waals surface area (Å²) in [5.74, 6) is 5.43. The predicted molar refractivity (Wildman–Crippen MR) is 56.6 cm³/mol. The van der Waals surface area contributed by atoms with Gasteiger partial charge in [0.25, 0.3) is 6.43 Å². The highest BCUT2D eigenvalue weighted by atomic mass is 19.3. The van der Waals surface area contributed by atoms with E-state index in [4.69, 9.17) is 9.84 Å². The number of aliphatic hydroxyl groups excluding tert-OH is 1. The number of halogens is 2. The molecule has 0 amide bonds. The Morgan fingerprint density at radius 3 is 2.81 bits per heavy atom. The molecule has 1 N–H and O–H groups in total. The Hall–Kier alpha value is -1.60. The normalized spacial score (nSPS) is 9.81. The summed E-state index contributed by atoms with van der Waals surface area (Å²) in [4.78, 5) is 0. The summed E-state index contributed by atoms with van der Waals surface area (Å²) in [5, 5.41) is 8.57. The van der Waals surface area contributed by atoms with E-state index in [1.165, 1.54) is 0 Å². The zero-order valence-electron chi connectivity index (χ0n) is 8.84. The molecule has 0 heterocycles. The molecule has 0 saturated carbocycles. The molecule has 1 aromatic carbocycles. The van der Waals surface area contributed by atoms with E-state index in [0.717, 1.165) is 5.56 Å². The second-order valence-corrected chi connectivity index (χ2v) is 3.16. The molecule has 0 spiro atoms. The van der Waals surface area contributed by atoms with Crippen LogP contribution in [0.5, 0.6) is 5.75 Å². The molecule has 0 radical (unpaired) electrons. The minimum atomic E-state index is -2.51. The van der Waals surface area contributed by atoms with E-state index in [0.29, 0.717) is 11.3 Å². The van der Waals surface area contributed by atoms with Crippen molar-refractivity contribution < 1.29 is 18.6 Å². The Kier molecular flexibility index (Phi) is 4.74. The van der Waals surface area contributed by atoms with Crippen LogP contribution in [0.3, 0.4) is 0 Å². The van der Waals surface area contributed by atoms with Crippen molar-refractivity contribution in [3.8, 4) is 17.6 Å². The van der Waals surface area contributed by atoms with Crippen LogP contribution in [-0.4, -0.2) is 24.7 Å². The molecule has 4 heteroatoms. The van der Waals surface area contributed by atoms with Crippen LogP contribution >= 0.6 is 0 Å². The third-order valence-corrected chi connectivity index (χ3v) is 1.80. The lowest BCUT2D eigenvalue weighted by Gasteiger charge is -2.08. The largest absolute Gasteiger partial charge is 0.486 e. The number of alkyl halides is 2. The lowest BCUT2D eigenvalue weighted by Crippen LogP contribution is -2.07. The molecule has 1 rings (SSSR count). The minimum Gasteiger partial charge on any atom is -0.486 e. The van der Waals surface area contributed by atoms with Crippen LogP contribution in [0.2, 0.25) is 0 Å². The van der Waals surface area contributed by atoms with Gasteiger partial charge in [-0.1, -0.05) is 17.9 Å². The van der Waals surface area contributed by atoms with Crippen molar-refractivity contribution in [1.29, 1.82) is 0 Å². The Balaban J connectivity index is 2.89. The van der Waals surface area contributed by atoms with E-state index in [-0.39, 0.29) is 6.61 Å². The first-order valence-electron chi connectivity index (χ1n) is 4.75. The summed E-state index contributed by atoms with van der Waals surface area (Å²) in [6.07, 6.45) is -2.51. The molecular weight excluding hydrogens is 214 g/mol. The van der Waals surface area contributed by atoms with Gasteiger partial charge in [-0.15, -0.1) is 0 Å². The van der Waals surface area contributed by atoms with E-state index < -0.39 is 13.0 Å². The molecule has 0 fully saturated rings. The molecule has 0 aliphatic carbocycles. The van der Waals surface area contributed by atoms with Gasteiger partial charge in [0.05, 0.1) is 5.56 Å². The zero-order chi connectivity index (χ0) is 12.0. The average molecular weight is 226 g/mol. The molecule has 1 aromatic rings. The quantitative estimate of drug-likeness (QED) is 0.798. The highest BCUT2D eigenvalue weighted by molar-refractivity contribution is 5.48. The van der Waals surface area contributed by atoms with Gasteiger partial charge in [0.1, 0.15) is 19.0 Å². The van der Waals surface area contributed by atoms with Gasteiger partial charge in [0.2, 0.25) is 0 Å². The number of aryl methyl sites for hydroxylation is 1.